The Morgan fingerprint density at radius 1 is 1.15 bits per heavy atom. The molecule has 3 aromatic rings. The SMILES string of the molecule is CC1(C)C(C=C(Cl)Cl)C1(C(=O)O)c1ccc(-c2nc3ccccc3[nH]2)cc1. The molecule has 4 rings (SSSR count). The Morgan fingerprint density at radius 2 is 1.81 bits per heavy atom. The van der Waals surface area contributed by atoms with Crippen LogP contribution in [0.3, 0.4) is 0 Å². The number of benzene rings is 2. The molecule has 1 saturated carbocycles. The van der Waals surface area contributed by atoms with Gasteiger partial charge in [-0.3, -0.25) is 4.79 Å². The Hall–Kier alpha value is -2.30. The number of H-pyrrole nitrogens is 1. The minimum Gasteiger partial charge on any atom is -0.481 e. The van der Waals surface area contributed by atoms with Gasteiger partial charge in [0, 0.05) is 11.5 Å². The van der Waals surface area contributed by atoms with Gasteiger partial charge in [0.05, 0.1) is 11.0 Å². The number of aromatic nitrogens is 2. The molecule has 0 spiro atoms. The van der Waals surface area contributed by atoms with Gasteiger partial charge in [-0.05, 0) is 29.2 Å². The van der Waals surface area contributed by atoms with Gasteiger partial charge in [-0.15, -0.1) is 0 Å². The first-order valence-electron chi connectivity index (χ1n) is 8.60. The highest BCUT2D eigenvalue weighted by Crippen LogP contribution is 2.70. The van der Waals surface area contributed by atoms with Gasteiger partial charge in [0.1, 0.15) is 15.7 Å². The zero-order chi connectivity index (χ0) is 19.4. The minimum absolute atomic E-state index is 0.0927. The summed E-state index contributed by atoms with van der Waals surface area (Å²) in [4.78, 5) is 20.1. The largest absolute Gasteiger partial charge is 0.481 e. The maximum Gasteiger partial charge on any atom is 0.315 e. The lowest BCUT2D eigenvalue weighted by atomic mass is 9.87. The van der Waals surface area contributed by atoms with Crippen molar-refractivity contribution in [2.45, 2.75) is 19.3 Å². The van der Waals surface area contributed by atoms with Crippen LogP contribution in [-0.2, 0) is 10.2 Å². The van der Waals surface area contributed by atoms with Crippen molar-refractivity contribution in [1.29, 1.82) is 0 Å². The first-order chi connectivity index (χ1) is 12.8. The van der Waals surface area contributed by atoms with Crippen molar-refractivity contribution in [3.63, 3.8) is 0 Å². The monoisotopic (exact) mass is 400 g/mol. The highest BCUT2D eigenvalue weighted by Gasteiger charge is 2.75. The van der Waals surface area contributed by atoms with Gasteiger partial charge in [-0.25, -0.2) is 4.98 Å². The number of carboxylic acids is 1. The molecule has 1 heterocycles. The Bertz CT molecular complexity index is 1030. The van der Waals surface area contributed by atoms with Crippen LogP contribution >= 0.6 is 23.2 Å². The second-order valence-corrected chi connectivity index (χ2v) is 8.46. The topological polar surface area (TPSA) is 66.0 Å². The van der Waals surface area contributed by atoms with Gasteiger partial charge in [-0.2, -0.15) is 0 Å². The molecule has 27 heavy (non-hydrogen) atoms. The van der Waals surface area contributed by atoms with Crippen molar-refractivity contribution in [2.24, 2.45) is 11.3 Å². The number of hydrogen-bond donors (Lipinski definition) is 2. The molecule has 2 aromatic carbocycles. The van der Waals surface area contributed by atoms with Crippen LogP contribution in [0.25, 0.3) is 22.4 Å². The number of nitrogens with one attached hydrogen (secondary N) is 1. The van der Waals surface area contributed by atoms with E-state index >= 15 is 0 Å². The smallest absolute Gasteiger partial charge is 0.315 e. The second-order valence-electron chi connectivity index (χ2n) is 7.45. The highest BCUT2D eigenvalue weighted by molar-refractivity contribution is 6.55. The molecule has 138 valence electrons. The number of nitrogens with zero attached hydrogens (tertiary/aromatic N) is 1. The molecule has 2 N–H and O–H groups in total. The normalized spacial score (nSPS) is 23.2. The van der Waals surface area contributed by atoms with E-state index < -0.39 is 16.8 Å². The van der Waals surface area contributed by atoms with E-state index in [9.17, 15) is 9.90 Å². The summed E-state index contributed by atoms with van der Waals surface area (Å²) in [6.45, 7) is 3.85. The van der Waals surface area contributed by atoms with Gasteiger partial charge in [-0.1, -0.05) is 73.4 Å². The van der Waals surface area contributed by atoms with Crippen LogP contribution in [0.5, 0.6) is 0 Å². The number of carboxylic acid groups (broad SMARTS) is 1. The molecule has 4 nitrogen and oxygen atoms in total. The summed E-state index contributed by atoms with van der Waals surface area (Å²) in [5.74, 6) is -0.396. The number of para-hydroxylation sites is 2. The molecule has 1 aliphatic rings. The number of imidazole rings is 1. The van der Waals surface area contributed by atoms with E-state index in [0.29, 0.717) is 0 Å². The number of aromatic amines is 1. The number of carbonyl (C=O) groups is 1. The third-order valence-electron chi connectivity index (χ3n) is 5.81. The van der Waals surface area contributed by atoms with E-state index in [2.05, 4.69) is 9.97 Å². The summed E-state index contributed by atoms with van der Waals surface area (Å²) in [7, 11) is 0. The molecule has 0 radical (unpaired) electrons. The quantitative estimate of drug-likeness (QED) is 0.604. The van der Waals surface area contributed by atoms with Crippen molar-refractivity contribution < 1.29 is 9.90 Å². The first-order valence-corrected chi connectivity index (χ1v) is 9.36. The zero-order valence-electron chi connectivity index (χ0n) is 14.8. The molecule has 0 saturated heterocycles. The lowest BCUT2D eigenvalue weighted by Gasteiger charge is -2.16. The predicted octanol–water partition coefficient (Wildman–Crippen LogP) is 5.53. The Labute approximate surface area is 166 Å². The molecule has 0 bridgehead atoms. The van der Waals surface area contributed by atoms with Crippen LogP contribution in [0.1, 0.15) is 19.4 Å². The number of aliphatic carboxylic acids is 1. The van der Waals surface area contributed by atoms with Gasteiger partial charge >= 0.3 is 5.97 Å². The average Bonchev–Trinajstić information content (AvgIpc) is 2.94. The summed E-state index contributed by atoms with van der Waals surface area (Å²) < 4.78 is 0.0927. The lowest BCUT2D eigenvalue weighted by Crippen LogP contribution is -2.26. The van der Waals surface area contributed by atoms with Crippen molar-refractivity contribution in [1.82, 2.24) is 9.97 Å². The average molecular weight is 401 g/mol. The minimum atomic E-state index is -1.05. The van der Waals surface area contributed by atoms with Crippen LogP contribution < -0.4 is 0 Å². The summed E-state index contributed by atoms with van der Waals surface area (Å²) in [5.41, 5.74) is 1.95. The van der Waals surface area contributed by atoms with E-state index in [1.165, 1.54) is 0 Å². The van der Waals surface area contributed by atoms with Crippen LogP contribution in [0.2, 0.25) is 0 Å². The maximum absolute atomic E-state index is 12.2. The molecule has 2 unspecified atom stereocenters. The summed E-state index contributed by atoms with van der Waals surface area (Å²) >= 11 is 11.6. The first kappa shape index (κ1) is 18.1. The molecule has 2 atom stereocenters. The summed E-state index contributed by atoms with van der Waals surface area (Å²) in [6.07, 6.45) is 1.63. The van der Waals surface area contributed by atoms with Crippen molar-refractivity contribution in [3.8, 4) is 11.4 Å². The predicted molar refractivity (Wildman–Crippen MR) is 108 cm³/mol. The van der Waals surface area contributed by atoms with E-state index in [4.69, 9.17) is 23.2 Å². The van der Waals surface area contributed by atoms with Crippen LogP contribution in [0.4, 0.5) is 0 Å². The Kier molecular flexibility index (Phi) is 4.09. The number of halogens is 2. The molecule has 1 aromatic heterocycles. The van der Waals surface area contributed by atoms with Crippen molar-refractivity contribution in [2.75, 3.05) is 0 Å². The van der Waals surface area contributed by atoms with Crippen molar-refractivity contribution >= 4 is 40.2 Å². The second kappa shape index (κ2) is 6.11. The maximum atomic E-state index is 12.2. The fourth-order valence-electron chi connectivity index (χ4n) is 4.33. The molecule has 1 fully saturated rings. The Morgan fingerprint density at radius 3 is 2.41 bits per heavy atom. The molecule has 6 heteroatoms. The van der Waals surface area contributed by atoms with Gasteiger partial charge in [0.2, 0.25) is 0 Å². The number of rotatable bonds is 4. The fraction of sp³-hybridized carbons (Fsp3) is 0.238. The molecular formula is C21H18Cl2N2O2. The molecule has 1 aliphatic carbocycles. The van der Waals surface area contributed by atoms with E-state index in [-0.39, 0.29) is 10.4 Å². The standard InChI is InChI=1S/C21H18Cl2N2O2/c1-20(2)16(11-17(22)23)21(20,19(26)27)13-9-7-12(8-10-13)18-24-14-5-3-4-6-15(14)25-18/h3-11,16H,1-2H3,(H,24,25)(H,26,27). The zero-order valence-corrected chi connectivity index (χ0v) is 16.3. The van der Waals surface area contributed by atoms with E-state index in [1.54, 1.807) is 6.08 Å². The van der Waals surface area contributed by atoms with Gasteiger partial charge in [0.15, 0.2) is 0 Å². The molecule has 0 amide bonds. The highest BCUT2D eigenvalue weighted by atomic mass is 35.5. The van der Waals surface area contributed by atoms with Crippen LogP contribution in [0.15, 0.2) is 59.1 Å². The van der Waals surface area contributed by atoms with Crippen LogP contribution in [-0.4, -0.2) is 21.0 Å². The van der Waals surface area contributed by atoms with Gasteiger partial charge in [0.25, 0.3) is 0 Å². The van der Waals surface area contributed by atoms with Gasteiger partial charge < -0.3 is 10.1 Å². The van der Waals surface area contributed by atoms with Crippen molar-refractivity contribution in [3.05, 3.63) is 64.7 Å². The third kappa shape index (κ3) is 2.59. The van der Waals surface area contributed by atoms with E-state index in [0.717, 1.165) is 28.0 Å². The molecule has 0 aliphatic heterocycles. The summed E-state index contributed by atoms with van der Waals surface area (Å²) in [5, 5.41) is 10.0. The van der Waals surface area contributed by atoms with Crippen LogP contribution in [0, 0.1) is 11.3 Å². The Balaban J connectivity index is 1.74. The number of hydrogen-bond acceptors (Lipinski definition) is 2. The fourth-order valence-corrected chi connectivity index (χ4v) is 4.58. The summed E-state index contributed by atoms with van der Waals surface area (Å²) in [6, 6.07) is 15.3. The number of allylic oxidation sites excluding steroid dienone is 1. The molecular weight excluding hydrogens is 383 g/mol. The van der Waals surface area contributed by atoms with E-state index in [1.807, 2.05) is 62.4 Å². The third-order valence-corrected chi connectivity index (χ3v) is 6.06. The number of fused-ring (bicyclic) bond motifs is 1. The lowest BCUT2D eigenvalue weighted by molar-refractivity contribution is -0.141.